The Morgan fingerprint density at radius 1 is 1.07 bits per heavy atom. The fourth-order valence-corrected chi connectivity index (χ4v) is 3.76. The molecule has 140 valence electrons. The highest BCUT2D eigenvalue weighted by molar-refractivity contribution is 6.13. The van der Waals surface area contributed by atoms with Gasteiger partial charge in [-0.25, -0.2) is 4.98 Å². The lowest BCUT2D eigenvalue weighted by Crippen LogP contribution is -2.25. The first kappa shape index (κ1) is 16.6. The topological polar surface area (TPSA) is 73.4 Å². The Bertz CT molecular complexity index is 1100. The third-order valence-electron chi connectivity index (χ3n) is 5.31. The molecule has 7 heteroatoms. The monoisotopic (exact) mass is 372 g/mol. The molecule has 0 radical (unpaired) electrons. The molecule has 2 N–H and O–H groups in total. The van der Waals surface area contributed by atoms with E-state index in [1.54, 1.807) is 18.1 Å². The van der Waals surface area contributed by atoms with Gasteiger partial charge in [0.15, 0.2) is 5.82 Å². The van der Waals surface area contributed by atoms with Crippen LogP contribution in [0.5, 0.6) is 0 Å². The predicted molar refractivity (Wildman–Crippen MR) is 111 cm³/mol. The van der Waals surface area contributed by atoms with Crippen molar-refractivity contribution in [1.82, 2.24) is 9.97 Å². The average Bonchev–Trinajstić information content (AvgIpc) is 3.17. The molecule has 7 nitrogen and oxygen atoms in total. The van der Waals surface area contributed by atoms with Gasteiger partial charge in [0.2, 0.25) is 5.95 Å². The van der Waals surface area contributed by atoms with Crippen molar-refractivity contribution in [2.45, 2.75) is 6.42 Å². The normalized spacial score (nSPS) is 14.7. The number of carbonyl (C=O) groups is 1. The van der Waals surface area contributed by atoms with Gasteiger partial charge < -0.3 is 20.4 Å². The van der Waals surface area contributed by atoms with Crippen molar-refractivity contribution in [2.75, 3.05) is 41.1 Å². The summed E-state index contributed by atoms with van der Waals surface area (Å²) in [5, 5.41) is 6.66. The van der Waals surface area contributed by atoms with Crippen LogP contribution in [0.1, 0.15) is 15.9 Å². The van der Waals surface area contributed by atoms with Gasteiger partial charge in [-0.15, -0.1) is 0 Å². The van der Waals surface area contributed by atoms with Crippen LogP contribution in [0, 0.1) is 0 Å². The fourth-order valence-electron chi connectivity index (χ4n) is 3.76. The molecule has 2 aliphatic heterocycles. The highest BCUT2D eigenvalue weighted by Gasteiger charge is 2.28. The van der Waals surface area contributed by atoms with E-state index in [0.717, 1.165) is 30.0 Å². The number of anilines is 6. The second-order valence-electron chi connectivity index (χ2n) is 7.02. The molecule has 1 amide bonds. The SMILES string of the molecule is CN1C(=O)c2ccccc2N(C)c2nc(Nc3ccc4c(c3)NCC4)ncc21. The molecule has 0 spiro atoms. The zero-order valence-corrected chi connectivity index (χ0v) is 15.7. The van der Waals surface area contributed by atoms with Gasteiger partial charge in [-0.1, -0.05) is 18.2 Å². The van der Waals surface area contributed by atoms with Crippen molar-refractivity contribution in [3.63, 3.8) is 0 Å². The zero-order valence-electron chi connectivity index (χ0n) is 15.7. The van der Waals surface area contributed by atoms with Crippen LogP contribution >= 0.6 is 0 Å². The maximum Gasteiger partial charge on any atom is 0.260 e. The van der Waals surface area contributed by atoms with Gasteiger partial charge in [0, 0.05) is 32.0 Å². The molecular formula is C21H20N6O. The summed E-state index contributed by atoms with van der Waals surface area (Å²) in [6, 6.07) is 13.8. The van der Waals surface area contributed by atoms with E-state index in [0.29, 0.717) is 23.0 Å². The standard InChI is InChI=1S/C21H20N6O/c1-26-17-6-4-3-5-15(17)20(28)27(2)18-12-23-21(25-19(18)26)24-14-8-7-13-9-10-22-16(13)11-14/h3-8,11-12,22H,9-10H2,1-2H3,(H,23,24,25). The first-order valence-electron chi connectivity index (χ1n) is 9.23. The van der Waals surface area contributed by atoms with E-state index < -0.39 is 0 Å². The Labute approximate surface area is 163 Å². The lowest BCUT2D eigenvalue weighted by Gasteiger charge is -2.21. The number of carbonyl (C=O) groups excluding carboxylic acids is 1. The fraction of sp³-hybridized carbons (Fsp3) is 0.190. The molecule has 2 aromatic carbocycles. The highest BCUT2D eigenvalue weighted by Crippen LogP contribution is 2.38. The number of hydrogen-bond acceptors (Lipinski definition) is 6. The minimum absolute atomic E-state index is 0.0739. The lowest BCUT2D eigenvalue weighted by atomic mass is 10.1. The third-order valence-corrected chi connectivity index (χ3v) is 5.31. The Balaban J connectivity index is 1.54. The molecule has 2 aliphatic rings. The summed E-state index contributed by atoms with van der Waals surface area (Å²) in [5.74, 6) is 1.09. The Morgan fingerprint density at radius 3 is 2.82 bits per heavy atom. The third kappa shape index (κ3) is 2.55. The quantitative estimate of drug-likeness (QED) is 0.717. The van der Waals surface area contributed by atoms with Gasteiger partial charge in [-0.2, -0.15) is 4.98 Å². The number of hydrogen-bond donors (Lipinski definition) is 2. The molecule has 0 bridgehead atoms. The molecule has 28 heavy (non-hydrogen) atoms. The van der Waals surface area contributed by atoms with Crippen LogP contribution in [0.4, 0.5) is 34.5 Å². The van der Waals surface area contributed by atoms with Gasteiger partial charge in [0.25, 0.3) is 5.91 Å². The first-order valence-corrected chi connectivity index (χ1v) is 9.23. The van der Waals surface area contributed by atoms with Gasteiger partial charge in [-0.05, 0) is 36.2 Å². The number of nitrogens with zero attached hydrogens (tertiary/aromatic N) is 4. The van der Waals surface area contributed by atoms with Crippen LogP contribution in [-0.2, 0) is 6.42 Å². The summed E-state index contributed by atoms with van der Waals surface area (Å²) in [6.07, 6.45) is 2.74. The maximum atomic E-state index is 12.9. The van der Waals surface area contributed by atoms with E-state index >= 15 is 0 Å². The summed E-state index contributed by atoms with van der Waals surface area (Å²) < 4.78 is 0. The van der Waals surface area contributed by atoms with E-state index in [1.807, 2.05) is 42.3 Å². The lowest BCUT2D eigenvalue weighted by molar-refractivity contribution is 0.0994. The molecular weight excluding hydrogens is 352 g/mol. The Kier molecular flexibility index (Phi) is 3.68. The van der Waals surface area contributed by atoms with Crippen molar-refractivity contribution < 1.29 is 4.79 Å². The molecule has 3 aromatic rings. The van der Waals surface area contributed by atoms with Gasteiger partial charge >= 0.3 is 0 Å². The number of benzene rings is 2. The molecule has 0 aliphatic carbocycles. The Morgan fingerprint density at radius 2 is 1.93 bits per heavy atom. The molecule has 0 saturated heterocycles. The van der Waals surface area contributed by atoms with E-state index in [1.165, 1.54) is 5.56 Å². The largest absolute Gasteiger partial charge is 0.384 e. The summed E-state index contributed by atoms with van der Waals surface area (Å²) in [7, 11) is 3.67. The maximum absolute atomic E-state index is 12.9. The first-order chi connectivity index (χ1) is 13.6. The molecule has 0 atom stereocenters. The van der Waals surface area contributed by atoms with Crippen molar-refractivity contribution in [3.8, 4) is 0 Å². The minimum Gasteiger partial charge on any atom is -0.384 e. The number of nitrogens with one attached hydrogen (secondary N) is 2. The summed E-state index contributed by atoms with van der Waals surface area (Å²) in [4.78, 5) is 25.5. The number of fused-ring (bicyclic) bond motifs is 3. The molecule has 5 rings (SSSR count). The van der Waals surface area contributed by atoms with Crippen LogP contribution in [0.2, 0.25) is 0 Å². The van der Waals surface area contributed by atoms with Crippen LogP contribution in [0.25, 0.3) is 0 Å². The summed E-state index contributed by atoms with van der Waals surface area (Å²) >= 11 is 0. The second-order valence-corrected chi connectivity index (χ2v) is 7.02. The zero-order chi connectivity index (χ0) is 19.3. The minimum atomic E-state index is -0.0739. The van der Waals surface area contributed by atoms with Crippen LogP contribution in [0.3, 0.4) is 0 Å². The van der Waals surface area contributed by atoms with Gasteiger partial charge in [0.1, 0.15) is 5.69 Å². The van der Waals surface area contributed by atoms with E-state index in [9.17, 15) is 4.79 Å². The smallest absolute Gasteiger partial charge is 0.260 e. The Hall–Kier alpha value is -3.61. The van der Waals surface area contributed by atoms with E-state index in [-0.39, 0.29) is 5.91 Å². The van der Waals surface area contributed by atoms with Crippen LogP contribution in [-0.4, -0.2) is 36.5 Å². The van der Waals surface area contributed by atoms with Crippen LogP contribution in [0.15, 0.2) is 48.7 Å². The van der Waals surface area contributed by atoms with Gasteiger partial charge in [-0.3, -0.25) is 4.79 Å². The van der Waals surface area contributed by atoms with Crippen molar-refractivity contribution in [2.24, 2.45) is 0 Å². The van der Waals surface area contributed by atoms with Crippen molar-refractivity contribution >= 4 is 40.4 Å². The predicted octanol–water partition coefficient (Wildman–Crippen LogP) is 3.55. The highest BCUT2D eigenvalue weighted by atomic mass is 16.2. The number of rotatable bonds is 2. The molecule has 1 aromatic heterocycles. The summed E-state index contributed by atoms with van der Waals surface area (Å²) in [6.45, 7) is 0.971. The molecule has 3 heterocycles. The van der Waals surface area contributed by atoms with E-state index in [4.69, 9.17) is 4.98 Å². The number of amides is 1. The molecule has 0 fully saturated rings. The second kappa shape index (κ2) is 6.23. The van der Waals surface area contributed by atoms with Crippen LogP contribution < -0.4 is 20.4 Å². The van der Waals surface area contributed by atoms with Gasteiger partial charge in [0.05, 0.1) is 17.4 Å². The van der Waals surface area contributed by atoms with Crippen molar-refractivity contribution in [3.05, 3.63) is 59.8 Å². The molecule has 0 unspecified atom stereocenters. The average molecular weight is 372 g/mol. The molecule has 0 saturated carbocycles. The number of aromatic nitrogens is 2. The van der Waals surface area contributed by atoms with Crippen molar-refractivity contribution in [1.29, 1.82) is 0 Å². The van der Waals surface area contributed by atoms with E-state index in [2.05, 4.69) is 27.8 Å². The number of para-hydroxylation sites is 1. The summed E-state index contributed by atoms with van der Waals surface area (Å²) in [5.41, 5.74) is 5.54.